The number of alkyl halides is 5. The van der Waals surface area contributed by atoms with Crippen LogP contribution in [0, 0.1) is 5.82 Å². The van der Waals surface area contributed by atoms with Gasteiger partial charge in [0, 0.05) is 6.07 Å². The molecule has 3 rings (SSSR count). The molecule has 1 N–H and O–H groups in total. The first-order valence-corrected chi connectivity index (χ1v) is 8.60. The zero-order valence-corrected chi connectivity index (χ0v) is 13.7. The van der Waals surface area contributed by atoms with E-state index in [0.29, 0.717) is 6.07 Å². The highest BCUT2D eigenvalue weighted by Gasteiger charge is 2.45. The van der Waals surface area contributed by atoms with Crippen molar-refractivity contribution in [3.8, 4) is 11.5 Å². The maximum absolute atomic E-state index is 13.3. The van der Waals surface area contributed by atoms with Crippen molar-refractivity contribution in [3.63, 3.8) is 0 Å². The molecule has 0 aromatic heterocycles. The Morgan fingerprint density at radius 3 is 2.15 bits per heavy atom. The highest BCUT2D eigenvalue weighted by atomic mass is 32.2. The third kappa shape index (κ3) is 4.11. The lowest BCUT2D eigenvalue weighted by Crippen LogP contribution is -2.38. The molecule has 1 aliphatic heterocycles. The van der Waals surface area contributed by atoms with Crippen LogP contribution in [0.3, 0.4) is 0 Å². The van der Waals surface area contributed by atoms with Crippen molar-refractivity contribution in [1.82, 2.24) is 4.72 Å². The molecule has 0 saturated heterocycles. The van der Waals surface area contributed by atoms with Gasteiger partial charge in [0.1, 0.15) is 11.9 Å². The maximum atomic E-state index is 13.3. The van der Waals surface area contributed by atoms with Crippen LogP contribution in [0.4, 0.5) is 26.3 Å². The summed E-state index contributed by atoms with van der Waals surface area (Å²) in [6.07, 6.45) is -9.06. The quantitative estimate of drug-likeness (QED) is 0.776. The van der Waals surface area contributed by atoms with Gasteiger partial charge >= 0.3 is 12.5 Å². The monoisotopic (exact) mass is 413 g/mol. The Kier molecular flexibility index (Phi) is 4.50. The topological polar surface area (TPSA) is 64.6 Å². The number of fused-ring (bicyclic) bond motifs is 1. The number of sulfonamides is 1. The van der Waals surface area contributed by atoms with E-state index >= 15 is 0 Å². The molecule has 0 amide bonds. The number of halogens is 6. The van der Waals surface area contributed by atoms with E-state index in [1.807, 2.05) is 0 Å². The Balaban J connectivity index is 1.93. The molecule has 12 heteroatoms. The zero-order chi connectivity index (χ0) is 20.0. The summed E-state index contributed by atoms with van der Waals surface area (Å²) in [6, 6.07) is 2.56. The molecule has 1 heterocycles. The van der Waals surface area contributed by atoms with E-state index < -0.39 is 56.3 Å². The van der Waals surface area contributed by atoms with Crippen LogP contribution in [0.25, 0.3) is 0 Å². The van der Waals surface area contributed by atoms with Crippen LogP contribution in [-0.2, 0) is 10.0 Å². The molecule has 0 fully saturated rings. The third-order valence-corrected chi connectivity index (χ3v) is 4.91. The summed E-state index contributed by atoms with van der Waals surface area (Å²) >= 11 is 0. The van der Waals surface area contributed by atoms with Crippen molar-refractivity contribution in [2.24, 2.45) is 0 Å². The molecule has 0 unspecified atom stereocenters. The van der Waals surface area contributed by atoms with Crippen LogP contribution in [0.15, 0.2) is 47.4 Å². The van der Waals surface area contributed by atoms with Crippen molar-refractivity contribution in [2.45, 2.75) is 23.4 Å². The summed E-state index contributed by atoms with van der Waals surface area (Å²) in [5, 5.41) is 0. The fourth-order valence-corrected chi connectivity index (χ4v) is 3.52. The van der Waals surface area contributed by atoms with E-state index in [-0.39, 0.29) is 0 Å². The minimum absolute atomic E-state index is 0.468. The number of nitrogens with one attached hydrogen (secondary N) is 1. The Morgan fingerprint density at radius 1 is 0.963 bits per heavy atom. The second-order valence-electron chi connectivity index (χ2n) is 5.42. The lowest BCUT2D eigenvalue weighted by molar-refractivity contribution is -0.286. The summed E-state index contributed by atoms with van der Waals surface area (Å²) < 4.78 is 113. The predicted octanol–water partition coefficient (Wildman–Crippen LogP) is 3.73. The first-order chi connectivity index (χ1) is 12.4. The minimum Gasteiger partial charge on any atom is -0.395 e. The van der Waals surface area contributed by atoms with Crippen molar-refractivity contribution in [3.05, 3.63) is 53.8 Å². The summed E-state index contributed by atoms with van der Waals surface area (Å²) in [6.45, 7) is 0. The fraction of sp³-hybridized carbons (Fsp3) is 0.200. The lowest BCUT2D eigenvalue weighted by Gasteiger charge is -2.22. The molecule has 2 aromatic rings. The molecular formula is C15H9F6NO4S. The molecule has 27 heavy (non-hydrogen) atoms. The van der Waals surface area contributed by atoms with Crippen LogP contribution in [0.1, 0.15) is 11.6 Å². The smallest absolute Gasteiger partial charge is 0.395 e. The average molecular weight is 413 g/mol. The lowest BCUT2D eigenvalue weighted by atomic mass is 10.1. The summed E-state index contributed by atoms with van der Waals surface area (Å²) in [5.74, 6) is -1.92. The Bertz CT molecular complexity index is 959. The SMILES string of the molecule is O=S(=O)(N[C@H](c1ccc(F)cc1)C(F)(F)F)c1ccc2c(c1)OC(F)(F)O2. The highest BCUT2D eigenvalue weighted by Crippen LogP contribution is 2.42. The number of hydrogen-bond donors (Lipinski definition) is 1. The van der Waals surface area contributed by atoms with E-state index in [1.165, 1.54) is 4.72 Å². The Labute approximate surface area is 148 Å². The van der Waals surface area contributed by atoms with Crippen LogP contribution < -0.4 is 14.2 Å². The second-order valence-corrected chi connectivity index (χ2v) is 7.14. The van der Waals surface area contributed by atoms with Gasteiger partial charge in [0.15, 0.2) is 11.5 Å². The number of benzene rings is 2. The first-order valence-electron chi connectivity index (χ1n) is 7.12. The third-order valence-electron chi connectivity index (χ3n) is 3.49. The van der Waals surface area contributed by atoms with Gasteiger partial charge in [-0.15, -0.1) is 8.78 Å². The van der Waals surface area contributed by atoms with E-state index in [0.717, 1.165) is 36.4 Å². The molecule has 1 atom stereocenters. The Morgan fingerprint density at radius 2 is 1.56 bits per heavy atom. The van der Waals surface area contributed by atoms with Gasteiger partial charge in [-0.05, 0) is 29.8 Å². The summed E-state index contributed by atoms with van der Waals surface area (Å²) in [5.41, 5.74) is -0.556. The van der Waals surface area contributed by atoms with Crippen molar-refractivity contribution < 1.29 is 44.2 Å². The van der Waals surface area contributed by atoms with Crippen LogP contribution in [-0.4, -0.2) is 20.9 Å². The van der Waals surface area contributed by atoms with E-state index in [2.05, 4.69) is 9.47 Å². The minimum atomic E-state index is -5.05. The zero-order valence-electron chi connectivity index (χ0n) is 12.9. The Hall–Kier alpha value is -2.47. The average Bonchev–Trinajstić information content (AvgIpc) is 2.85. The van der Waals surface area contributed by atoms with Gasteiger partial charge in [0.05, 0.1) is 4.90 Å². The van der Waals surface area contributed by atoms with Gasteiger partial charge in [0.25, 0.3) is 0 Å². The van der Waals surface area contributed by atoms with E-state index in [9.17, 15) is 34.8 Å². The van der Waals surface area contributed by atoms with Crippen molar-refractivity contribution in [1.29, 1.82) is 0 Å². The normalized spacial score (nSPS) is 17.0. The van der Waals surface area contributed by atoms with Gasteiger partial charge in [-0.2, -0.15) is 17.9 Å². The predicted molar refractivity (Wildman–Crippen MR) is 78.2 cm³/mol. The summed E-state index contributed by atoms with van der Waals surface area (Å²) in [7, 11) is -4.80. The van der Waals surface area contributed by atoms with Crippen molar-refractivity contribution in [2.75, 3.05) is 0 Å². The molecule has 0 bridgehead atoms. The van der Waals surface area contributed by atoms with Crippen LogP contribution in [0.2, 0.25) is 0 Å². The maximum Gasteiger partial charge on any atom is 0.586 e. The standard InChI is InChI=1S/C15H9F6NO4S/c16-9-3-1-8(2-4-9)13(14(17,18)19)22-27(23,24)10-5-6-11-12(7-10)26-15(20,21)25-11/h1-7,13,22H/t13-/m1/s1. The fourth-order valence-electron chi connectivity index (χ4n) is 2.30. The number of rotatable bonds is 4. The molecule has 2 aromatic carbocycles. The molecule has 0 saturated carbocycles. The van der Waals surface area contributed by atoms with Crippen LogP contribution in [0.5, 0.6) is 11.5 Å². The second kappa shape index (κ2) is 6.30. The molecule has 5 nitrogen and oxygen atoms in total. The molecule has 0 radical (unpaired) electrons. The van der Waals surface area contributed by atoms with Gasteiger partial charge < -0.3 is 9.47 Å². The van der Waals surface area contributed by atoms with Gasteiger partial charge in [-0.1, -0.05) is 12.1 Å². The molecular weight excluding hydrogens is 404 g/mol. The van der Waals surface area contributed by atoms with Crippen LogP contribution >= 0.6 is 0 Å². The summed E-state index contributed by atoms with van der Waals surface area (Å²) in [4.78, 5) is -0.751. The molecule has 146 valence electrons. The van der Waals surface area contributed by atoms with E-state index in [1.54, 1.807) is 0 Å². The van der Waals surface area contributed by atoms with Crippen molar-refractivity contribution >= 4 is 10.0 Å². The van der Waals surface area contributed by atoms with Gasteiger partial charge in [0.2, 0.25) is 10.0 Å². The number of ether oxygens (including phenoxy) is 2. The molecule has 0 spiro atoms. The van der Waals surface area contributed by atoms with Gasteiger partial charge in [-0.3, -0.25) is 0 Å². The largest absolute Gasteiger partial charge is 0.586 e. The molecule has 1 aliphatic rings. The first kappa shape index (κ1) is 19.3. The highest BCUT2D eigenvalue weighted by molar-refractivity contribution is 7.89. The molecule has 0 aliphatic carbocycles. The number of hydrogen-bond acceptors (Lipinski definition) is 4. The van der Waals surface area contributed by atoms with Gasteiger partial charge in [-0.25, -0.2) is 12.8 Å². The van der Waals surface area contributed by atoms with E-state index in [4.69, 9.17) is 0 Å².